The highest BCUT2D eigenvalue weighted by Crippen LogP contribution is 2.16. The second-order valence-corrected chi connectivity index (χ2v) is 3.79. The van der Waals surface area contributed by atoms with E-state index in [0.717, 1.165) is 19.4 Å². The third-order valence-corrected chi connectivity index (χ3v) is 2.55. The molecule has 0 aliphatic carbocycles. The monoisotopic (exact) mass is 218 g/mol. The highest BCUT2D eigenvalue weighted by molar-refractivity contribution is 5.57. The van der Waals surface area contributed by atoms with Crippen LogP contribution in [0, 0.1) is 11.3 Å². The van der Waals surface area contributed by atoms with E-state index in [1.807, 2.05) is 0 Å². The summed E-state index contributed by atoms with van der Waals surface area (Å²) >= 11 is 0. The third-order valence-electron chi connectivity index (χ3n) is 2.55. The van der Waals surface area contributed by atoms with E-state index in [1.54, 1.807) is 12.3 Å². The minimum atomic E-state index is 0.228. The minimum Gasteiger partial charge on any atom is -0.397 e. The predicted molar refractivity (Wildman–Crippen MR) is 60.8 cm³/mol. The van der Waals surface area contributed by atoms with Crippen molar-refractivity contribution in [2.75, 3.05) is 24.2 Å². The van der Waals surface area contributed by atoms with Crippen molar-refractivity contribution in [2.24, 2.45) is 0 Å². The zero-order chi connectivity index (χ0) is 11.4. The van der Waals surface area contributed by atoms with E-state index < -0.39 is 0 Å². The van der Waals surface area contributed by atoms with E-state index in [9.17, 15) is 0 Å². The van der Waals surface area contributed by atoms with E-state index in [2.05, 4.69) is 16.4 Å². The second kappa shape index (κ2) is 4.81. The van der Waals surface area contributed by atoms with E-state index in [0.29, 0.717) is 23.6 Å². The molecule has 1 fully saturated rings. The summed E-state index contributed by atoms with van der Waals surface area (Å²) in [5.41, 5.74) is 6.52. The number of ether oxygens (including phenoxy) is 1. The Kier molecular flexibility index (Phi) is 3.22. The quantitative estimate of drug-likeness (QED) is 0.794. The molecule has 16 heavy (non-hydrogen) atoms. The van der Waals surface area contributed by atoms with Crippen LogP contribution in [0.3, 0.4) is 0 Å². The summed E-state index contributed by atoms with van der Waals surface area (Å²) < 4.78 is 5.47. The predicted octanol–water partition coefficient (Wildman–Crippen LogP) is 1.13. The zero-order valence-electron chi connectivity index (χ0n) is 8.94. The van der Waals surface area contributed by atoms with Crippen LogP contribution in [0.4, 0.5) is 11.5 Å². The van der Waals surface area contributed by atoms with Gasteiger partial charge in [0, 0.05) is 13.2 Å². The number of nitrogens with zero attached hydrogens (tertiary/aromatic N) is 2. The van der Waals surface area contributed by atoms with Gasteiger partial charge < -0.3 is 15.8 Å². The molecular weight excluding hydrogens is 204 g/mol. The molecule has 2 rings (SSSR count). The van der Waals surface area contributed by atoms with Gasteiger partial charge in [-0.15, -0.1) is 0 Å². The lowest BCUT2D eigenvalue weighted by Gasteiger charge is -2.12. The van der Waals surface area contributed by atoms with Gasteiger partial charge in [0.25, 0.3) is 0 Å². The fourth-order valence-corrected chi connectivity index (χ4v) is 1.72. The van der Waals surface area contributed by atoms with Crippen molar-refractivity contribution in [3.8, 4) is 6.07 Å². The zero-order valence-corrected chi connectivity index (χ0v) is 8.94. The van der Waals surface area contributed by atoms with Crippen LogP contribution in [-0.4, -0.2) is 24.2 Å². The van der Waals surface area contributed by atoms with Crippen LogP contribution in [0.2, 0.25) is 0 Å². The number of nitriles is 1. The Morgan fingerprint density at radius 1 is 1.69 bits per heavy atom. The van der Waals surface area contributed by atoms with Crippen LogP contribution in [0.25, 0.3) is 0 Å². The van der Waals surface area contributed by atoms with Crippen LogP contribution in [-0.2, 0) is 4.74 Å². The number of nitrogens with two attached hydrogens (primary N) is 1. The van der Waals surface area contributed by atoms with Gasteiger partial charge >= 0.3 is 0 Å². The molecule has 2 heterocycles. The highest BCUT2D eigenvalue weighted by Gasteiger charge is 2.15. The molecular formula is C11H14N4O. The van der Waals surface area contributed by atoms with Gasteiger partial charge in [0.1, 0.15) is 11.9 Å². The lowest BCUT2D eigenvalue weighted by Crippen LogP contribution is -2.19. The Hall–Kier alpha value is -1.80. The normalized spacial score (nSPS) is 19.3. The van der Waals surface area contributed by atoms with Crippen molar-refractivity contribution in [1.29, 1.82) is 5.26 Å². The van der Waals surface area contributed by atoms with E-state index in [1.165, 1.54) is 0 Å². The smallest absolute Gasteiger partial charge is 0.144 e. The van der Waals surface area contributed by atoms with Gasteiger partial charge in [-0.3, -0.25) is 0 Å². The Morgan fingerprint density at radius 3 is 3.25 bits per heavy atom. The first kappa shape index (κ1) is 10.7. The number of hydrogen-bond acceptors (Lipinski definition) is 5. The van der Waals surface area contributed by atoms with Gasteiger partial charge in [-0.05, 0) is 18.9 Å². The summed E-state index contributed by atoms with van der Waals surface area (Å²) in [6, 6.07) is 3.68. The molecule has 3 N–H and O–H groups in total. The molecule has 5 nitrogen and oxygen atoms in total. The largest absolute Gasteiger partial charge is 0.397 e. The molecule has 1 aromatic rings. The average molecular weight is 218 g/mol. The molecule has 5 heteroatoms. The maximum Gasteiger partial charge on any atom is 0.144 e. The first-order chi connectivity index (χ1) is 7.79. The van der Waals surface area contributed by atoms with Crippen LogP contribution < -0.4 is 11.1 Å². The van der Waals surface area contributed by atoms with Gasteiger partial charge in [0.15, 0.2) is 0 Å². The van der Waals surface area contributed by atoms with Crippen molar-refractivity contribution in [3.63, 3.8) is 0 Å². The molecule has 1 aromatic heterocycles. The Bertz CT molecular complexity index is 407. The molecule has 0 saturated carbocycles. The summed E-state index contributed by atoms with van der Waals surface area (Å²) in [6.07, 6.45) is 3.93. The molecule has 1 saturated heterocycles. The summed E-state index contributed by atoms with van der Waals surface area (Å²) in [4.78, 5) is 4.10. The first-order valence-electron chi connectivity index (χ1n) is 5.30. The summed E-state index contributed by atoms with van der Waals surface area (Å²) in [5.74, 6) is 0.576. The standard InChI is InChI=1S/C11H14N4O/c12-5-8-4-9(13)6-14-11(8)15-7-10-2-1-3-16-10/h4,6,10H,1-3,7,13H2,(H,14,15). The topological polar surface area (TPSA) is 84.0 Å². The van der Waals surface area contributed by atoms with Crippen LogP contribution in [0.15, 0.2) is 12.3 Å². The van der Waals surface area contributed by atoms with Crippen LogP contribution in [0.5, 0.6) is 0 Å². The van der Waals surface area contributed by atoms with Gasteiger partial charge in [0.05, 0.1) is 23.6 Å². The highest BCUT2D eigenvalue weighted by atomic mass is 16.5. The van der Waals surface area contributed by atoms with E-state index in [4.69, 9.17) is 15.7 Å². The number of pyridine rings is 1. The van der Waals surface area contributed by atoms with Crippen LogP contribution >= 0.6 is 0 Å². The third kappa shape index (κ3) is 2.41. The Morgan fingerprint density at radius 2 is 2.56 bits per heavy atom. The number of nitrogen functional groups attached to an aromatic ring is 1. The first-order valence-corrected chi connectivity index (χ1v) is 5.30. The molecule has 0 radical (unpaired) electrons. The van der Waals surface area contributed by atoms with Crippen molar-refractivity contribution in [2.45, 2.75) is 18.9 Å². The Balaban J connectivity index is 2.00. The summed E-state index contributed by atoms with van der Waals surface area (Å²) in [6.45, 7) is 1.51. The van der Waals surface area contributed by atoms with Crippen LogP contribution in [0.1, 0.15) is 18.4 Å². The molecule has 1 unspecified atom stereocenters. The van der Waals surface area contributed by atoms with Crippen molar-refractivity contribution < 1.29 is 4.74 Å². The average Bonchev–Trinajstić information content (AvgIpc) is 2.80. The molecule has 1 aliphatic rings. The van der Waals surface area contributed by atoms with Gasteiger partial charge in [-0.1, -0.05) is 0 Å². The van der Waals surface area contributed by atoms with Crippen molar-refractivity contribution in [3.05, 3.63) is 17.8 Å². The van der Waals surface area contributed by atoms with Gasteiger partial charge in [0.2, 0.25) is 0 Å². The molecule has 84 valence electrons. The fraction of sp³-hybridized carbons (Fsp3) is 0.455. The molecule has 1 atom stereocenters. The molecule has 0 bridgehead atoms. The molecule has 1 aliphatic heterocycles. The minimum absolute atomic E-state index is 0.228. The van der Waals surface area contributed by atoms with Gasteiger partial charge in [-0.25, -0.2) is 4.98 Å². The summed E-state index contributed by atoms with van der Waals surface area (Å²) in [5, 5.41) is 12.0. The SMILES string of the molecule is N#Cc1cc(N)cnc1NCC1CCCO1. The number of hydrogen-bond donors (Lipinski definition) is 2. The van der Waals surface area contributed by atoms with Crippen molar-refractivity contribution >= 4 is 11.5 Å². The maximum absolute atomic E-state index is 8.92. The van der Waals surface area contributed by atoms with E-state index in [-0.39, 0.29) is 6.10 Å². The Labute approximate surface area is 94.2 Å². The molecule has 0 aromatic carbocycles. The van der Waals surface area contributed by atoms with Gasteiger partial charge in [-0.2, -0.15) is 5.26 Å². The second-order valence-electron chi connectivity index (χ2n) is 3.79. The number of aromatic nitrogens is 1. The summed E-state index contributed by atoms with van der Waals surface area (Å²) in [7, 11) is 0. The van der Waals surface area contributed by atoms with Crippen molar-refractivity contribution in [1.82, 2.24) is 4.98 Å². The lowest BCUT2D eigenvalue weighted by molar-refractivity contribution is 0.120. The van der Waals surface area contributed by atoms with E-state index >= 15 is 0 Å². The number of nitrogens with one attached hydrogen (secondary N) is 1. The number of rotatable bonds is 3. The number of anilines is 2. The maximum atomic E-state index is 8.92. The lowest BCUT2D eigenvalue weighted by atomic mass is 10.2. The fourth-order valence-electron chi connectivity index (χ4n) is 1.72. The molecule has 0 spiro atoms. The molecule has 0 amide bonds.